The number of carbonyl (C=O) groups excluding carboxylic acids is 2. The highest BCUT2D eigenvalue weighted by atomic mass is 16.5. The standard InChI is InChI=1S/C19H16N2O3/c20-10-9-13(11-22)21-19(23)24-12-18-16-7-3-1-5-14(16)15-6-2-4-8-17(15)18/h1-8,11,13,18H,9,12H2,(H,21,23)/t13-/m0/s1. The molecular weight excluding hydrogens is 304 g/mol. The fourth-order valence-electron chi connectivity index (χ4n) is 3.02. The molecule has 0 fully saturated rings. The maximum atomic E-state index is 11.9. The maximum Gasteiger partial charge on any atom is 0.407 e. The van der Waals surface area contributed by atoms with Crippen molar-refractivity contribution in [1.29, 1.82) is 5.26 Å². The molecule has 1 aliphatic carbocycles. The second-order valence-electron chi connectivity index (χ2n) is 5.57. The van der Waals surface area contributed by atoms with Gasteiger partial charge in [-0.15, -0.1) is 0 Å². The highest BCUT2D eigenvalue weighted by Crippen LogP contribution is 2.44. The molecule has 0 heterocycles. The Morgan fingerprint density at radius 3 is 2.29 bits per heavy atom. The summed E-state index contributed by atoms with van der Waals surface area (Å²) in [6.45, 7) is 0.179. The molecule has 1 amide bonds. The quantitative estimate of drug-likeness (QED) is 0.859. The third kappa shape index (κ3) is 2.99. The van der Waals surface area contributed by atoms with Crippen molar-refractivity contribution in [2.24, 2.45) is 0 Å². The normalized spacial score (nSPS) is 13.3. The van der Waals surface area contributed by atoms with E-state index in [-0.39, 0.29) is 18.9 Å². The Bertz CT molecular complexity index is 765. The van der Waals surface area contributed by atoms with Crippen LogP contribution in [0.1, 0.15) is 23.5 Å². The summed E-state index contributed by atoms with van der Waals surface area (Å²) in [7, 11) is 0. The van der Waals surface area contributed by atoms with Crippen molar-refractivity contribution >= 4 is 12.4 Å². The number of aldehydes is 1. The van der Waals surface area contributed by atoms with E-state index in [0.717, 1.165) is 22.3 Å². The summed E-state index contributed by atoms with van der Waals surface area (Å²) in [4.78, 5) is 22.7. The van der Waals surface area contributed by atoms with Crippen molar-refractivity contribution in [3.63, 3.8) is 0 Å². The zero-order valence-electron chi connectivity index (χ0n) is 12.9. The molecule has 0 bridgehead atoms. The van der Waals surface area contributed by atoms with Crippen molar-refractivity contribution in [3.05, 3.63) is 59.7 Å². The third-order valence-electron chi connectivity index (χ3n) is 4.12. The second-order valence-corrected chi connectivity index (χ2v) is 5.57. The monoisotopic (exact) mass is 320 g/mol. The number of alkyl carbamates (subject to hydrolysis) is 1. The molecule has 24 heavy (non-hydrogen) atoms. The van der Waals surface area contributed by atoms with E-state index in [4.69, 9.17) is 10.00 Å². The van der Waals surface area contributed by atoms with Crippen LogP contribution in [0.5, 0.6) is 0 Å². The molecule has 1 N–H and O–H groups in total. The van der Waals surface area contributed by atoms with Crippen molar-refractivity contribution in [3.8, 4) is 17.2 Å². The van der Waals surface area contributed by atoms with E-state index in [1.54, 1.807) is 0 Å². The number of fused-ring (bicyclic) bond motifs is 3. The first-order valence-corrected chi connectivity index (χ1v) is 7.68. The molecule has 0 unspecified atom stereocenters. The van der Waals surface area contributed by atoms with Gasteiger partial charge in [0.2, 0.25) is 0 Å². The molecular formula is C19H16N2O3. The van der Waals surface area contributed by atoms with E-state index in [9.17, 15) is 9.59 Å². The minimum Gasteiger partial charge on any atom is -0.449 e. The third-order valence-corrected chi connectivity index (χ3v) is 4.12. The smallest absolute Gasteiger partial charge is 0.407 e. The number of nitrogens with zero attached hydrogens (tertiary/aromatic N) is 1. The number of carbonyl (C=O) groups is 2. The van der Waals surface area contributed by atoms with Crippen LogP contribution in [0.4, 0.5) is 4.79 Å². The van der Waals surface area contributed by atoms with Crippen LogP contribution >= 0.6 is 0 Å². The highest BCUT2D eigenvalue weighted by Gasteiger charge is 2.29. The summed E-state index contributed by atoms with van der Waals surface area (Å²) in [5.74, 6) is -0.0335. The van der Waals surface area contributed by atoms with Gasteiger partial charge in [-0.3, -0.25) is 0 Å². The summed E-state index contributed by atoms with van der Waals surface area (Å²) in [6.07, 6.45) is -0.234. The number of rotatable bonds is 5. The number of amides is 1. The lowest BCUT2D eigenvalue weighted by molar-refractivity contribution is -0.109. The number of benzene rings is 2. The minimum absolute atomic E-state index is 0.0335. The predicted octanol–water partition coefficient (Wildman–Crippen LogP) is 3.01. The summed E-state index contributed by atoms with van der Waals surface area (Å²) < 4.78 is 5.30. The van der Waals surface area contributed by atoms with Crippen LogP contribution in [0.2, 0.25) is 0 Å². The van der Waals surface area contributed by atoms with Crippen LogP contribution in [-0.4, -0.2) is 25.0 Å². The second kappa shape index (κ2) is 6.97. The number of ether oxygens (including phenoxy) is 1. The SMILES string of the molecule is N#CC[C@@H](C=O)NC(=O)OCC1c2ccccc2-c2ccccc21. The zero-order valence-corrected chi connectivity index (χ0v) is 12.9. The molecule has 1 atom stereocenters. The van der Waals surface area contributed by atoms with Crippen molar-refractivity contribution < 1.29 is 14.3 Å². The molecule has 2 aromatic rings. The van der Waals surface area contributed by atoms with Gasteiger partial charge in [-0.2, -0.15) is 5.26 Å². The van der Waals surface area contributed by atoms with Gasteiger partial charge in [0.15, 0.2) is 0 Å². The Morgan fingerprint density at radius 1 is 1.17 bits per heavy atom. The molecule has 0 aliphatic heterocycles. The van der Waals surface area contributed by atoms with E-state index in [1.807, 2.05) is 42.5 Å². The number of nitriles is 1. The fraction of sp³-hybridized carbons (Fsp3) is 0.211. The molecule has 0 spiro atoms. The van der Waals surface area contributed by atoms with Gasteiger partial charge in [0.05, 0.1) is 12.5 Å². The van der Waals surface area contributed by atoms with Gasteiger partial charge in [-0.25, -0.2) is 4.79 Å². The van der Waals surface area contributed by atoms with E-state index in [0.29, 0.717) is 6.29 Å². The molecule has 0 aromatic heterocycles. The van der Waals surface area contributed by atoms with E-state index < -0.39 is 12.1 Å². The van der Waals surface area contributed by atoms with Gasteiger partial charge < -0.3 is 14.8 Å². The average molecular weight is 320 g/mol. The van der Waals surface area contributed by atoms with Crippen LogP contribution in [-0.2, 0) is 9.53 Å². The first kappa shape index (κ1) is 15.8. The maximum absolute atomic E-state index is 11.9. The summed E-state index contributed by atoms with van der Waals surface area (Å²) in [6, 6.07) is 17.1. The molecule has 0 saturated heterocycles. The highest BCUT2D eigenvalue weighted by molar-refractivity contribution is 5.79. The lowest BCUT2D eigenvalue weighted by Crippen LogP contribution is -2.36. The van der Waals surface area contributed by atoms with Crippen LogP contribution in [0.3, 0.4) is 0 Å². The van der Waals surface area contributed by atoms with E-state index >= 15 is 0 Å². The number of nitrogens with one attached hydrogen (secondary N) is 1. The lowest BCUT2D eigenvalue weighted by atomic mass is 9.98. The molecule has 3 rings (SSSR count). The molecule has 0 saturated carbocycles. The Balaban J connectivity index is 1.73. The van der Waals surface area contributed by atoms with E-state index in [1.165, 1.54) is 0 Å². The number of hydrogen-bond acceptors (Lipinski definition) is 4. The van der Waals surface area contributed by atoms with Gasteiger partial charge in [0.25, 0.3) is 0 Å². The van der Waals surface area contributed by atoms with Gasteiger partial charge in [-0.1, -0.05) is 48.5 Å². The van der Waals surface area contributed by atoms with Crippen molar-refractivity contribution in [2.75, 3.05) is 6.61 Å². The van der Waals surface area contributed by atoms with Crippen LogP contribution in [0, 0.1) is 11.3 Å². The Labute approximate surface area is 139 Å². The Kier molecular flexibility index (Phi) is 4.57. The summed E-state index contributed by atoms with van der Waals surface area (Å²) in [5, 5.41) is 11.0. The predicted molar refractivity (Wildman–Crippen MR) is 88.3 cm³/mol. The van der Waals surface area contributed by atoms with Crippen molar-refractivity contribution in [2.45, 2.75) is 18.4 Å². The van der Waals surface area contributed by atoms with Gasteiger partial charge in [-0.05, 0) is 22.3 Å². The first-order valence-electron chi connectivity index (χ1n) is 7.68. The first-order chi connectivity index (χ1) is 11.7. The molecule has 5 heteroatoms. The van der Waals surface area contributed by atoms with Crippen LogP contribution in [0.15, 0.2) is 48.5 Å². The van der Waals surface area contributed by atoms with Crippen LogP contribution in [0.25, 0.3) is 11.1 Å². The lowest BCUT2D eigenvalue weighted by Gasteiger charge is -2.15. The largest absolute Gasteiger partial charge is 0.449 e. The van der Waals surface area contributed by atoms with Gasteiger partial charge >= 0.3 is 6.09 Å². The molecule has 1 aliphatic rings. The average Bonchev–Trinajstić information content (AvgIpc) is 2.93. The molecule has 5 nitrogen and oxygen atoms in total. The topological polar surface area (TPSA) is 79.2 Å². The Morgan fingerprint density at radius 2 is 1.75 bits per heavy atom. The fourth-order valence-corrected chi connectivity index (χ4v) is 3.02. The Hall–Kier alpha value is -3.13. The summed E-state index contributed by atoms with van der Waals surface area (Å²) in [5.41, 5.74) is 4.54. The van der Waals surface area contributed by atoms with Gasteiger partial charge in [0.1, 0.15) is 18.9 Å². The number of hydrogen-bond donors (Lipinski definition) is 1. The molecule has 0 radical (unpaired) electrons. The van der Waals surface area contributed by atoms with Crippen molar-refractivity contribution in [1.82, 2.24) is 5.32 Å². The van der Waals surface area contributed by atoms with Gasteiger partial charge in [0, 0.05) is 5.92 Å². The minimum atomic E-state index is -0.842. The van der Waals surface area contributed by atoms with E-state index in [2.05, 4.69) is 17.4 Å². The summed E-state index contributed by atoms with van der Waals surface area (Å²) >= 11 is 0. The van der Waals surface area contributed by atoms with Crippen LogP contribution < -0.4 is 5.32 Å². The molecule has 120 valence electrons. The zero-order chi connectivity index (χ0) is 16.9. The molecule has 2 aromatic carbocycles.